The smallest absolute Gasteiger partial charge is 0.327 e. The normalized spacial score (nSPS) is 11.9. The van der Waals surface area contributed by atoms with Crippen molar-refractivity contribution in [2.45, 2.75) is 26.3 Å². The molecule has 0 aliphatic rings. The molecule has 0 aromatic carbocycles. The molecule has 15 heavy (non-hydrogen) atoms. The number of allylic oxidation sites excluding steroid dienone is 1. The van der Waals surface area contributed by atoms with Crippen molar-refractivity contribution in [1.29, 1.82) is 0 Å². The van der Waals surface area contributed by atoms with E-state index >= 15 is 0 Å². The van der Waals surface area contributed by atoms with Crippen molar-refractivity contribution in [3.8, 4) is 0 Å². The predicted molar refractivity (Wildman–Crippen MR) is 62.0 cm³/mol. The zero-order chi connectivity index (χ0) is 11.8. The number of hydrogen-bond acceptors (Lipinski definition) is 3. The van der Waals surface area contributed by atoms with Gasteiger partial charge in [-0.2, -0.15) is 11.8 Å². The first kappa shape index (κ1) is 14.0. The minimum Gasteiger partial charge on any atom is -0.480 e. The summed E-state index contributed by atoms with van der Waals surface area (Å²) in [5, 5.41) is 11.2. The molecular formula is C10H17NO3S. The standard InChI is InChI=1S/C10H17NO3S/c1-7(2)4-5-15-6-9(10(13)14)11-8(3)12/h9H,1,4-6H2,2-3H3,(H,11,12)(H,13,14). The number of nitrogens with one attached hydrogen (secondary N) is 1. The van der Waals surface area contributed by atoms with Crippen LogP contribution < -0.4 is 5.32 Å². The van der Waals surface area contributed by atoms with Crippen molar-refractivity contribution in [2.24, 2.45) is 0 Å². The minimum atomic E-state index is -0.993. The zero-order valence-electron chi connectivity index (χ0n) is 9.08. The van der Waals surface area contributed by atoms with Gasteiger partial charge in [-0.3, -0.25) is 4.79 Å². The topological polar surface area (TPSA) is 66.4 Å². The second-order valence-electron chi connectivity index (χ2n) is 3.37. The fourth-order valence-electron chi connectivity index (χ4n) is 0.868. The van der Waals surface area contributed by atoms with Crippen LogP contribution >= 0.6 is 11.8 Å². The molecule has 0 saturated heterocycles. The molecule has 86 valence electrons. The molecule has 0 saturated carbocycles. The molecule has 4 nitrogen and oxygen atoms in total. The number of rotatable bonds is 7. The molecule has 1 unspecified atom stereocenters. The maximum atomic E-state index is 10.7. The number of thioether (sulfide) groups is 1. The fourth-order valence-corrected chi connectivity index (χ4v) is 1.99. The van der Waals surface area contributed by atoms with E-state index in [4.69, 9.17) is 5.11 Å². The lowest BCUT2D eigenvalue weighted by Gasteiger charge is -2.12. The maximum Gasteiger partial charge on any atom is 0.327 e. The lowest BCUT2D eigenvalue weighted by molar-refractivity contribution is -0.140. The van der Waals surface area contributed by atoms with Crippen molar-refractivity contribution >= 4 is 23.6 Å². The molecule has 0 spiro atoms. The molecule has 0 radical (unpaired) electrons. The number of hydrogen-bond donors (Lipinski definition) is 2. The van der Waals surface area contributed by atoms with Crippen molar-refractivity contribution in [2.75, 3.05) is 11.5 Å². The van der Waals surface area contributed by atoms with Gasteiger partial charge in [-0.1, -0.05) is 5.57 Å². The third kappa shape index (κ3) is 8.05. The van der Waals surface area contributed by atoms with E-state index in [-0.39, 0.29) is 5.91 Å². The van der Waals surface area contributed by atoms with Gasteiger partial charge in [0.15, 0.2) is 0 Å². The first-order valence-corrected chi connectivity index (χ1v) is 5.81. The summed E-state index contributed by atoms with van der Waals surface area (Å²) in [4.78, 5) is 21.4. The van der Waals surface area contributed by atoms with Gasteiger partial charge in [-0.25, -0.2) is 4.79 Å². The second-order valence-corrected chi connectivity index (χ2v) is 4.52. The van der Waals surface area contributed by atoms with Crippen molar-refractivity contribution in [3.63, 3.8) is 0 Å². The third-order valence-electron chi connectivity index (χ3n) is 1.63. The van der Waals surface area contributed by atoms with Gasteiger partial charge in [-0.05, 0) is 19.1 Å². The van der Waals surface area contributed by atoms with Crippen molar-refractivity contribution in [3.05, 3.63) is 12.2 Å². The van der Waals surface area contributed by atoms with Crippen LogP contribution in [0.15, 0.2) is 12.2 Å². The summed E-state index contributed by atoms with van der Waals surface area (Å²) in [6.07, 6.45) is 0.872. The molecule has 5 heteroatoms. The number of carbonyl (C=O) groups is 2. The van der Waals surface area contributed by atoms with E-state index in [9.17, 15) is 9.59 Å². The molecule has 0 aromatic rings. The van der Waals surface area contributed by atoms with Crippen LogP contribution in [0.25, 0.3) is 0 Å². The maximum absolute atomic E-state index is 10.7. The molecule has 0 aliphatic heterocycles. The Morgan fingerprint density at radius 1 is 1.47 bits per heavy atom. The van der Waals surface area contributed by atoms with Crippen molar-refractivity contribution in [1.82, 2.24) is 5.32 Å². The molecule has 2 N–H and O–H groups in total. The summed E-state index contributed by atoms with van der Waals surface area (Å²) in [5.74, 6) is -0.0862. The van der Waals surface area contributed by atoms with E-state index in [0.29, 0.717) is 5.75 Å². The Morgan fingerprint density at radius 2 is 2.07 bits per heavy atom. The van der Waals surface area contributed by atoms with Crippen LogP contribution in [0.4, 0.5) is 0 Å². The van der Waals surface area contributed by atoms with E-state index in [1.807, 2.05) is 6.92 Å². The lowest BCUT2D eigenvalue weighted by atomic mass is 10.3. The van der Waals surface area contributed by atoms with Gasteiger partial charge in [0.25, 0.3) is 0 Å². The molecule has 0 aliphatic carbocycles. The van der Waals surface area contributed by atoms with Gasteiger partial charge < -0.3 is 10.4 Å². The average molecular weight is 231 g/mol. The first-order valence-electron chi connectivity index (χ1n) is 4.65. The summed E-state index contributed by atoms with van der Waals surface area (Å²) in [6.45, 7) is 7.00. The quantitative estimate of drug-likeness (QED) is 0.511. The van der Waals surface area contributed by atoms with E-state index in [1.54, 1.807) is 0 Å². The highest BCUT2D eigenvalue weighted by Crippen LogP contribution is 2.08. The Hall–Kier alpha value is -0.970. The van der Waals surface area contributed by atoms with Crippen molar-refractivity contribution < 1.29 is 14.7 Å². The summed E-state index contributed by atoms with van der Waals surface area (Å²) in [6, 6.07) is -0.794. The molecule has 0 rings (SSSR count). The zero-order valence-corrected chi connectivity index (χ0v) is 9.89. The molecule has 0 heterocycles. The summed E-state index contributed by atoms with van der Waals surface area (Å²) in [7, 11) is 0. The number of aliphatic carboxylic acids is 1. The van der Waals surface area contributed by atoms with Crippen LogP contribution in [0.1, 0.15) is 20.3 Å². The van der Waals surface area contributed by atoms with E-state index < -0.39 is 12.0 Å². The molecule has 0 aromatic heterocycles. The highest BCUT2D eigenvalue weighted by Gasteiger charge is 2.17. The van der Waals surface area contributed by atoms with Gasteiger partial charge in [0.05, 0.1) is 0 Å². The highest BCUT2D eigenvalue weighted by molar-refractivity contribution is 7.99. The van der Waals surface area contributed by atoms with Crippen LogP contribution in [0.5, 0.6) is 0 Å². The SMILES string of the molecule is C=C(C)CCSCC(NC(C)=O)C(=O)O. The summed E-state index contributed by atoms with van der Waals surface area (Å²) >= 11 is 1.50. The molecule has 1 atom stereocenters. The highest BCUT2D eigenvalue weighted by atomic mass is 32.2. The summed E-state index contributed by atoms with van der Waals surface area (Å²) in [5.41, 5.74) is 1.08. The second kappa shape index (κ2) is 7.34. The number of carboxylic acids is 1. The number of amides is 1. The molecule has 0 bridgehead atoms. The van der Waals surface area contributed by atoms with Crippen LogP contribution in [0.2, 0.25) is 0 Å². The Morgan fingerprint density at radius 3 is 2.47 bits per heavy atom. The Bertz CT molecular complexity index is 253. The molecular weight excluding hydrogens is 214 g/mol. The average Bonchev–Trinajstić information content (AvgIpc) is 2.08. The van der Waals surface area contributed by atoms with Crippen LogP contribution in [-0.4, -0.2) is 34.5 Å². The molecule has 0 fully saturated rings. The van der Waals surface area contributed by atoms with Crippen LogP contribution in [-0.2, 0) is 9.59 Å². The Labute approximate surface area is 94.1 Å². The largest absolute Gasteiger partial charge is 0.480 e. The van der Waals surface area contributed by atoms with Crippen LogP contribution in [0.3, 0.4) is 0 Å². The number of carboxylic acid groups (broad SMARTS) is 1. The van der Waals surface area contributed by atoms with Gasteiger partial charge in [0.1, 0.15) is 6.04 Å². The first-order chi connectivity index (χ1) is 6.93. The summed E-state index contributed by atoms with van der Waals surface area (Å²) < 4.78 is 0. The Kier molecular flexibility index (Phi) is 6.86. The fraction of sp³-hybridized carbons (Fsp3) is 0.600. The van der Waals surface area contributed by atoms with E-state index in [0.717, 1.165) is 17.7 Å². The lowest BCUT2D eigenvalue weighted by Crippen LogP contribution is -2.41. The predicted octanol–water partition coefficient (Wildman–Crippen LogP) is 1.28. The van der Waals surface area contributed by atoms with Gasteiger partial charge in [0.2, 0.25) is 5.91 Å². The monoisotopic (exact) mass is 231 g/mol. The van der Waals surface area contributed by atoms with E-state index in [2.05, 4.69) is 11.9 Å². The third-order valence-corrected chi connectivity index (χ3v) is 2.70. The van der Waals surface area contributed by atoms with Crippen LogP contribution in [0, 0.1) is 0 Å². The van der Waals surface area contributed by atoms with Gasteiger partial charge in [-0.15, -0.1) is 6.58 Å². The molecule has 1 amide bonds. The van der Waals surface area contributed by atoms with Gasteiger partial charge in [0, 0.05) is 12.7 Å². The van der Waals surface area contributed by atoms with Gasteiger partial charge >= 0.3 is 5.97 Å². The minimum absolute atomic E-state index is 0.317. The van der Waals surface area contributed by atoms with E-state index in [1.165, 1.54) is 18.7 Å². The number of carbonyl (C=O) groups excluding carboxylic acids is 1. The Balaban J connectivity index is 3.81.